The Hall–Kier alpha value is -2.48. The number of hydrogen-bond donors (Lipinski definition) is 0. The Kier molecular flexibility index (Phi) is 3.76. The molecule has 0 aliphatic rings. The normalized spacial score (nSPS) is 10.7. The van der Waals surface area contributed by atoms with Gasteiger partial charge in [-0.2, -0.15) is 0 Å². The lowest BCUT2D eigenvalue weighted by atomic mass is 9.95. The molecule has 0 bridgehead atoms. The van der Waals surface area contributed by atoms with Gasteiger partial charge in [-0.1, -0.05) is 18.2 Å². The van der Waals surface area contributed by atoms with Crippen LogP contribution in [0.5, 0.6) is 0 Å². The number of hydrogen-bond acceptors (Lipinski definition) is 1. The summed E-state index contributed by atoms with van der Waals surface area (Å²) in [6.45, 7) is 6.47. The monoisotopic (exact) mass is 289 g/mol. The lowest BCUT2D eigenvalue weighted by Gasteiger charge is -2.11. The van der Waals surface area contributed by atoms with E-state index in [2.05, 4.69) is 80.0 Å². The van der Waals surface area contributed by atoms with E-state index in [4.69, 9.17) is 0 Å². The van der Waals surface area contributed by atoms with E-state index in [1.807, 2.05) is 12.4 Å². The average Bonchev–Trinajstić information content (AvgIpc) is 2.49. The molecule has 0 N–H and O–H groups in total. The molecule has 0 aliphatic heterocycles. The summed E-state index contributed by atoms with van der Waals surface area (Å²) < 4.78 is 2.15. The van der Waals surface area contributed by atoms with Gasteiger partial charge >= 0.3 is 0 Å². The summed E-state index contributed by atoms with van der Waals surface area (Å²) in [4.78, 5) is 4.29. The van der Waals surface area contributed by atoms with Crippen molar-refractivity contribution >= 4 is 0 Å². The van der Waals surface area contributed by atoms with E-state index in [9.17, 15) is 0 Å². The average molecular weight is 289 g/mol. The SMILES string of the molecule is Cc1ccncc1-c1cc(-c2c(C)cccc2C)cc[n+]1C. The Morgan fingerprint density at radius 3 is 2.32 bits per heavy atom. The summed E-state index contributed by atoms with van der Waals surface area (Å²) in [5.41, 5.74) is 8.80. The van der Waals surface area contributed by atoms with E-state index in [0.29, 0.717) is 0 Å². The Labute approximate surface area is 132 Å². The number of pyridine rings is 2. The molecule has 0 spiro atoms. The van der Waals surface area contributed by atoms with Gasteiger partial charge in [0.2, 0.25) is 5.69 Å². The highest BCUT2D eigenvalue weighted by atomic mass is 14.9. The van der Waals surface area contributed by atoms with Crippen molar-refractivity contribution in [1.29, 1.82) is 0 Å². The largest absolute Gasteiger partial charge is 0.264 e. The second-order valence-electron chi connectivity index (χ2n) is 5.87. The number of rotatable bonds is 2. The fourth-order valence-corrected chi connectivity index (χ4v) is 2.99. The van der Waals surface area contributed by atoms with Crippen LogP contribution in [0.1, 0.15) is 16.7 Å². The van der Waals surface area contributed by atoms with E-state index in [1.54, 1.807) is 0 Å². The lowest BCUT2D eigenvalue weighted by Crippen LogP contribution is -2.30. The Morgan fingerprint density at radius 1 is 0.909 bits per heavy atom. The van der Waals surface area contributed by atoms with Crippen LogP contribution >= 0.6 is 0 Å². The molecular weight excluding hydrogens is 268 g/mol. The molecule has 22 heavy (non-hydrogen) atoms. The Balaban J connectivity index is 2.22. The molecule has 2 nitrogen and oxygen atoms in total. The minimum absolute atomic E-state index is 1.18. The molecule has 2 aromatic heterocycles. The van der Waals surface area contributed by atoms with Crippen LogP contribution in [0, 0.1) is 20.8 Å². The van der Waals surface area contributed by atoms with Crippen molar-refractivity contribution in [2.45, 2.75) is 20.8 Å². The predicted octanol–water partition coefficient (Wildman–Crippen LogP) is 4.17. The van der Waals surface area contributed by atoms with Crippen LogP contribution in [0.4, 0.5) is 0 Å². The topological polar surface area (TPSA) is 16.8 Å². The molecule has 0 saturated carbocycles. The van der Waals surface area contributed by atoms with Gasteiger partial charge in [0.1, 0.15) is 7.05 Å². The van der Waals surface area contributed by atoms with Gasteiger partial charge in [-0.25, -0.2) is 4.57 Å². The summed E-state index contributed by atoms with van der Waals surface area (Å²) in [5, 5.41) is 0. The first-order valence-corrected chi connectivity index (χ1v) is 7.55. The molecule has 0 saturated heterocycles. The van der Waals surface area contributed by atoms with Gasteiger partial charge in [0.25, 0.3) is 0 Å². The predicted molar refractivity (Wildman–Crippen MR) is 90.5 cm³/mol. The second-order valence-corrected chi connectivity index (χ2v) is 5.87. The van der Waals surface area contributed by atoms with Gasteiger partial charge in [0.15, 0.2) is 6.20 Å². The van der Waals surface area contributed by atoms with Gasteiger partial charge in [0, 0.05) is 24.5 Å². The molecule has 3 rings (SSSR count). The highest BCUT2D eigenvalue weighted by Gasteiger charge is 2.15. The van der Waals surface area contributed by atoms with Crippen molar-refractivity contribution in [1.82, 2.24) is 4.98 Å². The number of benzene rings is 1. The molecule has 0 atom stereocenters. The van der Waals surface area contributed by atoms with Crippen LogP contribution in [0.2, 0.25) is 0 Å². The van der Waals surface area contributed by atoms with Crippen LogP contribution in [-0.4, -0.2) is 4.98 Å². The Bertz CT molecular complexity index is 815. The van der Waals surface area contributed by atoms with Crippen molar-refractivity contribution in [2.24, 2.45) is 7.05 Å². The van der Waals surface area contributed by atoms with Gasteiger partial charge in [-0.15, -0.1) is 0 Å². The quantitative estimate of drug-likeness (QED) is 0.647. The van der Waals surface area contributed by atoms with Gasteiger partial charge in [0.05, 0.1) is 5.56 Å². The fraction of sp³-hybridized carbons (Fsp3) is 0.200. The zero-order valence-electron chi connectivity index (χ0n) is 13.6. The molecule has 2 heterocycles. The molecule has 0 fully saturated rings. The summed E-state index contributed by atoms with van der Waals surface area (Å²) in [6.07, 6.45) is 5.91. The summed E-state index contributed by atoms with van der Waals surface area (Å²) in [5.74, 6) is 0. The van der Waals surface area contributed by atoms with Crippen molar-refractivity contribution < 1.29 is 4.57 Å². The first-order valence-electron chi connectivity index (χ1n) is 7.55. The number of aryl methyl sites for hydroxylation is 4. The minimum Gasteiger partial charge on any atom is -0.264 e. The van der Waals surface area contributed by atoms with Crippen LogP contribution in [0.3, 0.4) is 0 Å². The van der Waals surface area contributed by atoms with E-state index in [1.165, 1.54) is 39.1 Å². The van der Waals surface area contributed by atoms with E-state index in [0.717, 1.165) is 0 Å². The van der Waals surface area contributed by atoms with Crippen molar-refractivity contribution in [3.05, 3.63) is 71.7 Å². The lowest BCUT2D eigenvalue weighted by molar-refractivity contribution is -0.660. The van der Waals surface area contributed by atoms with Gasteiger partial charge in [-0.3, -0.25) is 4.98 Å². The molecule has 0 unspecified atom stereocenters. The molecular formula is C20H21N2+. The van der Waals surface area contributed by atoms with Gasteiger partial charge in [-0.05, 0) is 54.7 Å². The van der Waals surface area contributed by atoms with Crippen LogP contribution < -0.4 is 4.57 Å². The molecule has 2 heteroatoms. The molecule has 110 valence electrons. The third-order valence-corrected chi connectivity index (χ3v) is 4.23. The van der Waals surface area contributed by atoms with Gasteiger partial charge < -0.3 is 0 Å². The third kappa shape index (κ3) is 2.52. The summed E-state index contributed by atoms with van der Waals surface area (Å²) in [6, 6.07) is 13.0. The first kappa shape index (κ1) is 14.5. The van der Waals surface area contributed by atoms with Crippen LogP contribution in [0.15, 0.2) is 55.0 Å². The Morgan fingerprint density at radius 2 is 1.64 bits per heavy atom. The fourth-order valence-electron chi connectivity index (χ4n) is 2.99. The molecule has 0 amide bonds. The third-order valence-electron chi connectivity index (χ3n) is 4.23. The minimum atomic E-state index is 1.18. The molecule has 0 radical (unpaired) electrons. The summed E-state index contributed by atoms with van der Waals surface area (Å²) in [7, 11) is 2.08. The molecule has 3 aromatic rings. The van der Waals surface area contributed by atoms with Crippen molar-refractivity contribution in [2.75, 3.05) is 0 Å². The van der Waals surface area contributed by atoms with Crippen LogP contribution in [0.25, 0.3) is 22.4 Å². The van der Waals surface area contributed by atoms with Crippen LogP contribution in [-0.2, 0) is 7.05 Å². The maximum Gasteiger partial charge on any atom is 0.214 e. The highest BCUT2D eigenvalue weighted by molar-refractivity contribution is 5.74. The standard InChI is InChI=1S/C20H21N2/c1-14-8-10-21-13-18(14)19-12-17(9-11-22(19)4)20-15(2)6-5-7-16(20)3/h5-13H,1-4H3/q+1. The van der Waals surface area contributed by atoms with Crippen molar-refractivity contribution in [3.63, 3.8) is 0 Å². The van der Waals surface area contributed by atoms with E-state index < -0.39 is 0 Å². The highest BCUT2D eigenvalue weighted by Crippen LogP contribution is 2.29. The number of aromatic nitrogens is 2. The smallest absolute Gasteiger partial charge is 0.214 e. The summed E-state index contributed by atoms with van der Waals surface area (Å²) >= 11 is 0. The van der Waals surface area contributed by atoms with Crippen molar-refractivity contribution in [3.8, 4) is 22.4 Å². The van der Waals surface area contributed by atoms with E-state index in [-0.39, 0.29) is 0 Å². The maximum atomic E-state index is 4.29. The molecule has 0 aliphatic carbocycles. The molecule has 1 aromatic carbocycles. The number of nitrogens with zero attached hydrogens (tertiary/aromatic N) is 2. The van der Waals surface area contributed by atoms with E-state index >= 15 is 0 Å². The zero-order chi connectivity index (χ0) is 15.7. The second kappa shape index (κ2) is 5.72. The first-order chi connectivity index (χ1) is 10.6. The zero-order valence-corrected chi connectivity index (χ0v) is 13.6. The maximum absolute atomic E-state index is 4.29.